The number of aromatic nitrogens is 3. The molecule has 0 aliphatic carbocycles. The van der Waals surface area contributed by atoms with E-state index >= 15 is 0 Å². The molecule has 1 N–H and O–H groups in total. The minimum absolute atomic E-state index is 0.159. The van der Waals surface area contributed by atoms with Crippen LogP contribution in [0.5, 0.6) is 5.88 Å². The van der Waals surface area contributed by atoms with Crippen molar-refractivity contribution in [3.05, 3.63) is 97.6 Å². The van der Waals surface area contributed by atoms with E-state index in [2.05, 4.69) is 19.7 Å². The van der Waals surface area contributed by atoms with E-state index in [0.29, 0.717) is 6.61 Å². The van der Waals surface area contributed by atoms with E-state index in [1.54, 1.807) is 49.1 Å². The molecule has 0 unspecified atom stereocenters. The fourth-order valence-corrected chi connectivity index (χ4v) is 4.92. The average Bonchev–Trinajstić information content (AvgIpc) is 2.90. The van der Waals surface area contributed by atoms with E-state index in [9.17, 15) is 8.42 Å². The smallest absolute Gasteiger partial charge is 0.262 e. The quantitative estimate of drug-likeness (QED) is 0.326. The summed E-state index contributed by atoms with van der Waals surface area (Å²) in [4.78, 5) is 13.2. The summed E-state index contributed by atoms with van der Waals surface area (Å²) in [7, 11) is -3.82. The number of ether oxygens (including phenoxy) is 1. The second kappa shape index (κ2) is 9.52. The van der Waals surface area contributed by atoms with Gasteiger partial charge in [-0.3, -0.25) is 14.7 Å². The summed E-state index contributed by atoms with van der Waals surface area (Å²) >= 11 is 0. The minimum atomic E-state index is -3.82. The van der Waals surface area contributed by atoms with Crippen LogP contribution in [0.2, 0.25) is 0 Å². The third kappa shape index (κ3) is 4.69. The molecular formula is C27H22N4O3S. The first-order valence-corrected chi connectivity index (χ1v) is 12.5. The first kappa shape index (κ1) is 22.5. The van der Waals surface area contributed by atoms with Crippen LogP contribution in [-0.4, -0.2) is 30.0 Å². The number of fused-ring (bicyclic) bond motifs is 1. The van der Waals surface area contributed by atoms with Crippen LogP contribution >= 0.6 is 0 Å². The van der Waals surface area contributed by atoms with Crippen LogP contribution in [0.3, 0.4) is 0 Å². The number of benzene rings is 2. The second-order valence-electron chi connectivity index (χ2n) is 7.75. The van der Waals surface area contributed by atoms with Gasteiger partial charge in [0.15, 0.2) is 0 Å². The van der Waals surface area contributed by atoms with Crippen LogP contribution in [0, 0.1) is 0 Å². The summed E-state index contributed by atoms with van der Waals surface area (Å²) < 4.78 is 34.2. The van der Waals surface area contributed by atoms with Crippen molar-refractivity contribution in [2.24, 2.45) is 0 Å². The zero-order chi connectivity index (χ0) is 24.3. The van der Waals surface area contributed by atoms with E-state index in [-0.39, 0.29) is 16.5 Å². The van der Waals surface area contributed by atoms with E-state index < -0.39 is 10.0 Å². The van der Waals surface area contributed by atoms with Gasteiger partial charge in [-0.25, -0.2) is 13.4 Å². The van der Waals surface area contributed by atoms with E-state index in [4.69, 9.17) is 4.74 Å². The van der Waals surface area contributed by atoms with Gasteiger partial charge in [0.05, 0.1) is 17.0 Å². The van der Waals surface area contributed by atoms with Gasteiger partial charge >= 0.3 is 0 Å². The molecule has 5 rings (SSSR count). The van der Waals surface area contributed by atoms with Gasteiger partial charge in [0.2, 0.25) is 5.88 Å². The van der Waals surface area contributed by atoms with E-state index in [1.165, 1.54) is 12.1 Å². The second-order valence-corrected chi connectivity index (χ2v) is 9.44. The number of hydrogen-bond acceptors (Lipinski definition) is 6. The van der Waals surface area contributed by atoms with Crippen LogP contribution in [-0.2, 0) is 10.0 Å². The third-order valence-electron chi connectivity index (χ3n) is 5.50. The normalized spacial score (nSPS) is 11.3. The van der Waals surface area contributed by atoms with Crippen molar-refractivity contribution in [3.63, 3.8) is 0 Å². The molecule has 0 fully saturated rings. The van der Waals surface area contributed by atoms with Crippen molar-refractivity contribution in [2.45, 2.75) is 11.8 Å². The summed E-state index contributed by atoms with van der Waals surface area (Å²) in [5.41, 5.74) is 4.80. The molecule has 0 atom stereocenters. The van der Waals surface area contributed by atoms with Crippen LogP contribution < -0.4 is 9.46 Å². The van der Waals surface area contributed by atoms with Gasteiger partial charge in [-0.15, -0.1) is 0 Å². The zero-order valence-electron chi connectivity index (χ0n) is 18.9. The number of sulfonamides is 1. The zero-order valence-corrected chi connectivity index (χ0v) is 19.7. The van der Waals surface area contributed by atoms with Crippen LogP contribution in [0.4, 0.5) is 5.69 Å². The standard InChI is InChI=1S/C27H22N4O3S/c1-2-34-27-26(31-35(32,33)22-6-4-3-5-7-22)17-21(18-30-27)20-8-9-25-24(16-20)23(12-15-29-25)19-10-13-28-14-11-19/h3-18,31H,2H2,1H3. The minimum Gasteiger partial charge on any atom is -0.476 e. The largest absolute Gasteiger partial charge is 0.476 e. The predicted octanol–water partition coefficient (Wildman–Crippen LogP) is 5.56. The van der Waals surface area contributed by atoms with Gasteiger partial charge in [0, 0.05) is 35.7 Å². The van der Waals surface area contributed by atoms with Crippen molar-refractivity contribution in [3.8, 4) is 28.1 Å². The average molecular weight is 483 g/mol. The van der Waals surface area contributed by atoms with Crippen molar-refractivity contribution < 1.29 is 13.2 Å². The molecular weight excluding hydrogens is 460 g/mol. The molecule has 0 aliphatic rings. The third-order valence-corrected chi connectivity index (χ3v) is 6.88. The lowest BCUT2D eigenvalue weighted by molar-refractivity contribution is 0.329. The topological polar surface area (TPSA) is 94.1 Å². The molecule has 0 radical (unpaired) electrons. The molecule has 0 saturated carbocycles. The lowest BCUT2D eigenvalue weighted by Gasteiger charge is -2.14. The summed E-state index contributed by atoms with van der Waals surface area (Å²) in [6.07, 6.45) is 6.97. The molecule has 174 valence electrons. The number of anilines is 1. The lowest BCUT2D eigenvalue weighted by Crippen LogP contribution is -2.14. The Bertz CT molecular complexity index is 1590. The molecule has 0 amide bonds. The molecule has 0 bridgehead atoms. The van der Waals surface area contributed by atoms with E-state index in [0.717, 1.165) is 33.2 Å². The van der Waals surface area contributed by atoms with Gasteiger partial charge < -0.3 is 4.74 Å². The fraction of sp³-hybridized carbons (Fsp3) is 0.0741. The first-order valence-electron chi connectivity index (χ1n) is 11.1. The van der Waals surface area contributed by atoms with Gasteiger partial charge in [-0.2, -0.15) is 0 Å². The Morgan fingerprint density at radius 1 is 0.829 bits per heavy atom. The van der Waals surface area contributed by atoms with Crippen LogP contribution in [0.1, 0.15) is 6.92 Å². The Hall–Kier alpha value is -4.30. The molecule has 0 aliphatic heterocycles. The van der Waals surface area contributed by atoms with Crippen molar-refractivity contribution in [1.29, 1.82) is 0 Å². The Labute approximate surface area is 203 Å². The molecule has 0 spiro atoms. The van der Waals surface area contributed by atoms with Gasteiger partial charge in [-0.05, 0) is 72.1 Å². The monoisotopic (exact) mass is 482 g/mol. The van der Waals surface area contributed by atoms with Crippen molar-refractivity contribution >= 4 is 26.6 Å². The predicted molar refractivity (Wildman–Crippen MR) is 137 cm³/mol. The summed E-state index contributed by atoms with van der Waals surface area (Å²) in [6, 6.07) is 21.7. The van der Waals surface area contributed by atoms with Gasteiger partial charge in [0.25, 0.3) is 10.0 Å². The van der Waals surface area contributed by atoms with Crippen LogP contribution in [0.15, 0.2) is 102 Å². The Balaban J connectivity index is 1.59. The highest BCUT2D eigenvalue weighted by atomic mass is 32.2. The molecule has 2 aromatic carbocycles. The molecule has 35 heavy (non-hydrogen) atoms. The first-order chi connectivity index (χ1) is 17.0. The maximum absolute atomic E-state index is 13.0. The highest BCUT2D eigenvalue weighted by Gasteiger charge is 2.18. The molecule has 0 saturated heterocycles. The highest BCUT2D eigenvalue weighted by Crippen LogP contribution is 2.34. The molecule has 3 heterocycles. The van der Waals surface area contributed by atoms with Crippen molar-refractivity contribution in [2.75, 3.05) is 11.3 Å². The van der Waals surface area contributed by atoms with Crippen LogP contribution in [0.25, 0.3) is 33.2 Å². The van der Waals surface area contributed by atoms with E-state index in [1.807, 2.05) is 43.3 Å². The maximum atomic E-state index is 13.0. The number of hydrogen-bond donors (Lipinski definition) is 1. The molecule has 7 nitrogen and oxygen atoms in total. The van der Waals surface area contributed by atoms with Gasteiger partial charge in [0.1, 0.15) is 5.69 Å². The SMILES string of the molecule is CCOc1ncc(-c2ccc3nccc(-c4ccncc4)c3c2)cc1NS(=O)(=O)c1ccccc1. The maximum Gasteiger partial charge on any atom is 0.262 e. The summed E-state index contributed by atoms with van der Waals surface area (Å²) in [5.74, 6) is 0.218. The fourth-order valence-electron chi connectivity index (χ4n) is 3.85. The number of rotatable bonds is 7. The number of pyridine rings is 3. The Kier molecular flexibility index (Phi) is 6.12. The summed E-state index contributed by atoms with van der Waals surface area (Å²) in [6.45, 7) is 2.17. The van der Waals surface area contributed by atoms with Crippen molar-refractivity contribution in [1.82, 2.24) is 15.0 Å². The summed E-state index contributed by atoms with van der Waals surface area (Å²) in [5, 5.41) is 0.969. The number of nitrogens with one attached hydrogen (secondary N) is 1. The van der Waals surface area contributed by atoms with Gasteiger partial charge in [-0.1, -0.05) is 24.3 Å². The Morgan fingerprint density at radius 3 is 2.40 bits per heavy atom. The number of nitrogens with zero attached hydrogens (tertiary/aromatic N) is 3. The lowest BCUT2D eigenvalue weighted by atomic mass is 9.98. The molecule has 5 aromatic rings. The molecule has 8 heteroatoms. The highest BCUT2D eigenvalue weighted by molar-refractivity contribution is 7.92. The molecule has 3 aromatic heterocycles. The Morgan fingerprint density at radius 2 is 1.63 bits per heavy atom.